The maximum atomic E-state index is 12.6. The molecule has 2 aromatic rings. The van der Waals surface area contributed by atoms with E-state index in [0.717, 1.165) is 4.31 Å². The number of carbonyl (C=O) groups excluding carboxylic acids is 1. The first-order chi connectivity index (χ1) is 14.2. The first-order valence-electron chi connectivity index (χ1n) is 9.28. The third kappa shape index (κ3) is 3.67. The highest BCUT2D eigenvalue weighted by atomic mass is 32.2. The van der Waals surface area contributed by atoms with Crippen LogP contribution in [-0.2, 0) is 26.4 Å². The van der Waals surface area contributed by atoms with Crippen molar-refractivity contribution in [3.63, 3.8) is 0 Å². The van der Waals surface area contributed by atoms with Crippen LogP contribution in [0.1, 0.15) is 28.5 Å². The zero-order valence-electron chi connectivity index (χ0n) is 16.0. The summed E-state index contributed by atoms with van der Waals surface area (Å²) >= 11 is 1.27. The van der Waals surface area contributed by atoms with E-state index in [4.69, 9.17) is 0 Å². The van der Waals surface area contributed by atoms with Crippen LogP contribution in [0.5, 0.6) is 0 Å². The number of thioether (sulfide) groups is 1. The topological polar surface area (TPSA) is 119 Å². The van der Waals surface area contributed by atoms with Gasteiger partial charge in [0.15, 0.2) is 15.0 Å². The third-order valence-corrected chi connectivity index (χ3v) is 9.65. The van der Waals surface area contributed by atoms with Crippen LogP contribution < -0.4 is 0 Å². The largest absolute Gasteiger partial charge is 0.302 e. The maximum Gasteiger partial charge on any atom is 0.269 e. The van der Waals surface area contributed by atoms with Gasteiger partial charge in [0.1, 0.15) is 10.7 Å². The normalized spacial score (nSPS) is 21.7. The number of aromatic nitrogens is 3. The van der Waals surface area contributed by atoms with Gasteiger partial charge < -0.3 is 4.57 Å². The quantitative estimate of drug-likeness (QED) is 0.441. The second-order valence-corrected chi connectivity index (χ2v) is 12.2. The van der Waals surface area contributed by atoms with Gasteiger partial charge in [0.05, 0.1) is 17.1 Å². The molecule has 1 atom stereocenters. The molecule has 3 heterocycles. The molecule has 1 aromatic carbocycles. The summed E-state index contributed by atoms with van der Waals surface area (Å²) in [6.07, 6.45) is 2.17. The van der Waals surface area contributed by atoms with Gasteiger partial charge in [-0.2, -0.15) is 0 Å². The molecule has 0 bridgehead atoms. The van der Waals surface area contributed by atoms with Crippen molar-refractivity contribution in [1.82, 2.24) is 19.1 Å². The minimum Gasteiger partial charge on any atom is -0.302 e. The molecular weight excluding hydrogens is 448 g/mol. The van der Waals surface area contributed by atoms with Gasteiger partial charge in [-0.1, -0.05) is 30.0 Å². The number of allylic oxidation sites excluding steroid dienone is 1. The van der Waals surface area contributed by atoms with Crippen LogP contribution in [0.4, 0.5) is 0 Å². The fourth-order valence-electron chi connectivity index (χ4n) is 3.68. The number of rotatable bonds is 7. The Morgan fingerprint density at radius 3 is 2.63 bits per heavy atom. The van der Waals surface area contributed by atoms with Crippen LogP contribution in [0.3, 0.4) is 0 Å². The molecule has 1 amide bonds. The summed E-state index contributed by atoms with van der Waals surface area (Å²) in [6.45, 7) is 4.14. The van der Waals surface area contributed by atoms with E-state index in [9.17, 15) is 21.6 Å². The van der Waals surface area contributed by atoms with E-state index in [1.165, 1.54) is 23.9 Å². The van der Waals surface area contributed by atoms with Crippen molar-refractivity contribution in [2.75, 3.05) is 23.8 Å². The molecule has 1 saturated heterocycles. The minimum atomic E-state index is -3.85. The van der Waals surface area contributed by atoms with Crippen molar-refractivity contribution in [3.8, 4) is 0 Å². The van der Waals surface area contributed by atoms with E-state index in [1.807, 2.05) is 0 Å². The predicted octanol–water partition coefficient (Wildman–Crippen LogP) is 1.30. The van der Waals surface area contributed by atoms with Crippen LogP contribution in [0.25, 0.3) is 0 Å². The Morgan fingerprint density at radius 2 is 1.97 bits per heavy atom. The number of nitrogens with zero attached hydrogens (tertiary/aromatic N) is 4. The minimum absolute atomic E-state index is 0.00535. The van der Waals surface area contributed by atoms with Crippen LogP contribution in [-0.4, -0.2) is 65.6 Å². The Morgan fingerprint density at radius 1 is 1.20 bits per heavy atom. The lowest BCUT2D eigenvalue weighted by Crippen LogP contribution is -2.32. The van der Waals surface area contributed by atoms with Crippen LogP contribution in [0.15, 0.2) is 47.0 Å². The lowest BCUT2D eigenvalue weighted by Gasteiger charge is -2.15. The summed E-state index contributed by atoms with van der Waals surface area (Å²) in [7, 11) is -6.91. The Labute approximate surface area is 179 Å². The van der Waals surface area contributed by atoms with Gasteiger partial charge in [-0.3, -0.25) is 4.79 Å². The average Bonchev–Trinajstić information content (AvgIpc) is 3.32. The molecule has 1 fully saturated rings. The molecule has 0 saturated carbocycles. The van der Waals surface area contributed by atoms with Crippen LogP contribution >= 0.6 is 11.8 Å². The highest BCUT2D eigenvalue weighted by molar-refractivity contribution is 7.99. The van der Waals surface area contributed by atoms with Gasteiger partial charge in [0, 0.05) is 24.8 Å². The third-order valence-electron chi connectivity index (χ3n) is 5.09. The van der Waals surface area contributed by atoms with Gasteiger partial charge >= 0.3 is 0 Å². The van der Waals surface area contributed by atoms with Crippen molar-refractivity contribution in [3.05, 3.63) is 48.3 Å². The second kappa shape index (κ2) is 7.82. The summed E-state index contributed by atoms with van der Waals surface area (Å²) in [5.74, 6) is 0.317. The van der Waals surface area contributed by atoms with E-state index in [1.54, 1.807) is 22.8 Å². The molecule has 12 heteroatoms. The van der Waals surface area contributed by atoms with Crippen molar-refractivity contribution < 1.29 is 21.6 Å². The number of hydrogen-bond donors (Lipinski definition) is 0. The van der Waals surface area contributed by atoms with Gasteiger partial charge in [-0.25, -0.2) is 21.1 Å². The lowest BCUT2D eigenvalue weighted by molar-refractivity contribution is 0.0876. The monoisotopic (exact) mass is 468 g/mol. The van der Waals surface area contributed by atoms with E-state index >= 15 is 0 Å². The summed E-state index contributed by atoms with van der Waals surface area (Å²) in [5, 5.41) is 8.89. The van der Waals surface area contributed by atoms with Crippen molar-refractivity contribution in [2.45, 2.75) is 28.9 Å². The second-order valence-electron chi connectivity index (χ2n) is 7.07. The first-order valence-corrected chi connectivity index (χ1v) is 13.5. The Balaban J connectivity index is 1.49. The Kier molecular flexibility index (Phi) is 5.49. The SMILES string of the molecule is C=CCn1c(SCCN2C(=O)c3ccccc3S2(=O)=O)nnc1C1CCS(=O)(=O)C1. The van der Waals surface area contributed by atoms with Gasteiger partial charge in [-0.05, 0) is 18.6 Å². The molecule has 1 aromatic heterocycles. The lowest BCUT2D eigenvalue weighted by atomic mass is 10.1. The maximum absolute atomic E-state index is 12.6. The zero-order chi connectivity index (χ0) is 21.5. The highest BCUT2D eigenvalue weighted by Gasteiger charge is 2.40. The van der Waals surface area contributed by atoms with Crippen LogP contribution in [0, 0.1) is 0 Å². The predicted molar refractivity (Wildman–Crippen MR) is 112 cm³/mol. The van der Waals surface area contributed by atoms with Crippen molar-refractivity contribution in [2.24, 2.45) is 0 Å². The zero-order valence-corrected chi connectivity index (χ0v) is 18.4. The average molecular weight is 469 g/mol. The molecule has 0 spiro atoms. The number of sulfone groups is 1. The number of sulfonamides is 1. The molecule has 2 aliphatic rings. The standard InChI is InChI=1S/C18H20N4O5S3/c1-2-8-21-16(13-7-11-29(24,25)12-13)19-20-18(21)28-10-9-22-17(23)14-5-3-4-6-15(14)30(22,26)27/h2-6,13H,1,7-12H2. The fraction of sp³-hybridized carbons (Fsp3) is 0.389. The van der Waals surface area contributed by atoms with Gasteiger partial charge in [-0.15, -0.1) is 16.8 Å². The Hall–Kier alpha value is -2.18. The van der Waals surface area contributed by atoms with Gasteiger partial charge in [0.2, 0.25) is 0 Å². The molecule has 0 N–H and O–H groups in total. The number of amides is 1. The molecule has 160 valence electrons. The summed E-state index contributed by atoms with van der Waals surface area (Å²) < 4.78 is 51.6. The number of hydrogen-bond acceptors (Lipinski definition) is 8. The van der Waals surface area contributed by atoms with E-state index in [-0.39, 0.29) is 40.2 Å². The first kappa shape index (κ1) is 21.1. The van der Waals surface area contributed by atoms with Crippen molar-refractivity contribution >= 4 is 37.5 Å². The molecule has 9 nitrogen and oxygen atoms in total. The molecule has 30 heavy (non-hydrogen) atoms. The molecular formula is C18H20N4O5S3. The molecule has 2 aliphatic heterocycles. The van der Waals surface area contributed by atoms with E-state index in [0.29, 0.717) is 23.9 Å². The number of carbonyl (C=O) groups is 1. The van der Waals surface area contributed by atoms with E-state index < -0.39 is 25.8 Å². The fourth-order valence-corrected chi connectivity index (χ4v) is 7.98. The van der Waals surface area contributed by atoms with Crippen LogP contribution in [0.2, 0.25) is 0 Å². The molecule has 0 radical (unpaired) electrons. The van der Waals surface area contributed by atoms with E-state index in [2.05, 4.69) is 16.8 Å². The Bertz CT molecular complexity index is 1220. The summed E-state index contributed by atoms with van der Waals surface area (Å²) in [6, 6.07) is 6.15. The molecule has 4 rings (SSSR count). The molecule has 0 aliphatic carbocycles. The summed E-state index contributed by atoms with van der Waals surface area (Å²) in [5.41, 5.74) is 0.182. The van der Waals surface area contributed by atoms with Crippen molar-refractivity contribution in [1.29, 1.82) is 0 Å². The number of benzene rings is 1. The smallest absolute Gasteiger partial charge is 0.269 e. The number of fused-ring (bicyclic) bond motifs is 1. The highest BCUT2D eigenvalue weighted by Crippen LogP contribution is 2.32. The molecule has 1 unspecified atom stereocenters. The van der Waals surface area contributed by atoms with Gasteiger partial charge in [0.25, 0.3) is 15.9 Å². The summed E-state index contributed by atoms with van der Waals surface area (Å²) in [4.78, 5) is 12.5.